The van der Waals surface area contributed by atoms with E-state index in [4.69, 9.17) is 5.10 Å². The number of aromatic nitrogens is 5. The van der Waals surface area contributed by atoms with Crippen molar-refractivity contribution in [3.8, 4) is 22.8 Å². The normalized spacial score (nSPS) is 11.1. The van der Waals surface area contributed by atoms with Crippen molar-refractivity contribution in [2.75, 3.05) is 5.32 Å². The van der Waals surface area contributed by atoms with Crippen LogP contribution < -0.4 is 5.32 Å². The first kappa shape index (κ1) is 23.2. The van der Waals surface area contributed by atoms with Gasteiger partial charge in [-0.3, -0.25) is 9.78 Å². The molecular weight excluding hydrogens is 472 g/mol. The lowest BCUT2D eigenvalue weighted by molar-refractivity contribution is -0.116. The van der Waals surface area contributed by atoms with E-state index >= 15 is 0 Å². The summed E-state index contributed by atoms with van der Waals surface area (Å²) in [6.45, 7) is 0. The number of carbonyl (C=O) groups excluding carboxylic acids is 1. The summed E-state index contributed by atoms with van der Waals surface area (Å²) in [7, 11) is 0. The molecule has 7 heteroatoms. The first-order chi connectivity index (χ1) is 18.7. The van der Waals surface area contributed by atoms with Gasteiger partial charge in [0.25, 0.3) is 0 Å². The van der Waals surface area contributed by atoms with E-state index in [-0.39, 0.29) is 11.8 Å². The molecule has 38 heavy (non-hydrogen) atoms. The second kappa shape index (κ2) is 10.4. The van der Waals surface area contributed by atoms with E-state index in [1.807, 2.05) is 91.0 Å². The molecule has 0 atom stereocenters. The molecule has 3 heterocycles. The Morgan fingerprint density at radius 2 is 1.39 bits per heavy atom. The minimum Gasteiger partial charge on any atom is -0.326 e. The van der Waals surface area contributed by atoms with E-state index in [2.05, 4.69) is 44.8 Å². The smallest absolute Gasteiger partial charge is 0.225 e. The molecule has 184 valence electrons. The predicted octanol–water partition coefficient (Wildman–Crippen LogP) is 6.01. The van der Waals surface area contributed by atoms with Gasteiger partial charge in [-0.05, 0) is 47.5 Å². The van der Waals surface area contributed by atoms with Gasteiger partial charge in [0.05, 0.1) is 5.69 Å². The standard InChI is InChI=1S/C31H24N6O/c38-30(21-26(22-9-3-1-4-10-22)23-11-5-2-6-12-23)33-25-16-14-24(15-17-25)27-18-19-29-34-35-31(37(29)36-27)28-13-7-8-20-32-28/h1-20,26H,21H2,(H,33,38). The maximum atomic E-state index is 13.1. The van der Waals surface area contributed by atoms with Crippen molar-refractivity contribution in [3.05, 3.63) is 133 Å². The summed E-state index contributed by atoms with van der Waals surface area (Å²) in [5.41, 5.74) is 5.99. The largest absolute Gasteiger partial charge is 0.326 e. The van der Waals surface area contributed by atoms with Gasteiger partial charge in [0.2, 0.25) is 11.7 Å². The molecular formula is C31H24N6O. The van der Waals surface area contributed by atoms with Crippen molar-refractivity contribution in [2.24, 2.45) is 0 Å². The molecule has 1 N–H and O–H groups in total. The van der Waals surface area contributed by atoms with Crippen molar-refractivity contribution in [3.63, 3.8) is 0 Å². The summed E-state index contributed by atoms with van der Waals surface area (Å²) >= 11 is 0. The van der Waals surface area contributed by atoms with E-state index in [1.54, 1.807) is 10.7 Å². The molecule has 3 aromatic heterocycles. The van der Waals surface area contributed by atoms with Crippen LogP contribution in [0.25, 0.3) is 28.4 Å². The van der Waals surface area contributed by atoms with Crippen LogP contribution in [0.5, 0.6) is 0 Å². The van der Waals surface area contributed by atoms with Crippen LogP contribution in [0.1, 0.15) is 23.5 Å². The average molecular weight is 497 g/mol. The van der Waals surface area contributed by atoms with Crippen LogP contribution in [-0.4, -0.2) is 30.7 Å². The fraction of sp³-hybridized carbons (Fsp3) is 0.0645. The van der Waals surface area contributed by atoms with Gasteiger partial charge >= 0.3 is 0 Å². The third-order valence-electron chi connectivity index (χ3n) is 6.41. The molecule has 0 saturated heterocycles. The Kier molecular flexibility index (Phi) is 6.39. The second-order valence-electron chi connectivity index (χ2n) is 8.93. The summed E-state index contributed by atoms with van der Waals surface area (Å²) in [5, 5.41) is 16.3. The quantitative estimate of drug-likeness (QED) is 0.292. The van der Waals surface area contributed by atoms with Gasteiger partial charge in [0.1, 0.15) is 5.69 Å². The number of hydrogen-bond donors (Lipinski definition) is 1. The van der Waals surface area contributed by atoms with Crippen LogP contribution in [0.2, 0.25) is 0 Å². The number of amides is 1. The zero-order valence-corrected chi connectivity index (χ0v) is 20.5. The number of hydrogen-bond acceptors (Lipinski definition) is 5. The Morgan fingerprint density at radius 1 is 0.711 bits per heavy atom. The maximum Gasteiger partial charge on any atom is 0.225 e. The minimum absolute atomic E-state index is 0.0234. The van der Waals surface area contributed by atoms with E-state index in [9.17, 15) is 4.79 Å². The van der Waals surface area contributed by atoms with Crippen molar-refractivity contribution in [2.45, 2.75) is 12.3 Å². The van der Waals surface area contributed by atoms with Crippen molar-refractivity contribution in [1.82, 2.24) is 24.8 Å². The molecule has 6 rings (SSSR count). The Balaban J connectivity index is 1.20. The van der Waals surface area contributed by atoms with E-state index < -0.39 is 0 Å². The lowest BCUT2D eigenvalue weighted by atomic mass is 9.88. The molecule has 0 aliphatic heterocycles. The number of carbonyl (C=O) groups is 1. The lowest BCUT2D eigenvalue weighted by Gasteiger charge is -2.18. The fourth-order valence-corrected chi connectivity index (χ4v) is 4.52. The number of pyridine rings is 1. The van der Waals surface area contributed by atoms with E-state index in [0.29, 0.717) is 23.6 Å². The van der Waals surface area contributed by atoms with Gasteiger partial charge in [0, 0.05) is 29.8 Å². The highest BCUT2D eigenvalue weighted by molar-refractivity contribution is 5.91. The average Bonchev–Trinajstić information content (AvgIpc) is 3.41. The molecule has 0 spiro atoms. The van der Waals surface area contributed by atoms with Gasteiger partial charge in [-0.2, -0.15) is 9.61 Å². The van der Waals surface area contributed by atoms with Crippen LogP contribution >= 0.6 is 0 Å². The number of fused-ring (bicyclic) bond motifs is 1. The van der Waals surface area contributed by atoms with Crippen LogP contribution in [0.4, 0.5) is 5.69 Å². The monoisotopic (exact) mass is 496 g/mol. The zero-order chi connectivity index (χ0) is 25.7. The first-order valence-corrected chi connectivity index (χ1v) is 12.4. The molecule has 1 amide bonds. The molecule has 0 fully saturated rings. The highest BCUT2D eigenvalue weighted by Gasteiger charge is 2.18. The van der Waals surface area contributed by atoms with Gasteiger partial charge < -0.3 is 5.32 Å². The number of anilines is 1. The van der Waals surface area contributed by atoms with Gasteiger partial charge in [-0.15, -0.1) is 10.2 Å². The summed E-state index contributed by atoms with van der Waals surface area (Å²) in [5.74, 6) is 0.516. The molecule has 7 nitrogen and oxygen atoms in total. The topological polar surface area (TPSA) is 85.1 Å². The third-order valence-corrected chi connectivity index (χ3v) is 6.41. The first-order valence-electron chi connectivity index (χ1n) is 12.4. The summed E-state index contributed by atoms with van der Waals surface area (Å²) in [6.07, 6.45) is 2.06. The SMILES string of the molecule is O=C(CC(c1ccccc1)c1ccccc1)Nc1ccc(-c2ccc3nnc(-c4ccccn4)n3n2)cc1. The van der Waals surface area contributed by atoms with Crippen molar-refractivity contribution >= 4 is 17.2 Å². The summed E-state index contributed by atoms with van der Waals surface area (Å²) < 4.78 is 1.70. The highest BCUT2D eigenvalue weighted by atomic mass is 16.1. The van der Waals surface area contributed by atoms with Crippen LogP contribution in [-0.2, 0) is 4.79 Å². The van der Waals surface area contributed by atoms with Gasteiger partial charge in [-0.1, -0.05) is 78.9 Å². The Labute approximate surface area is 219 Å². The number of nitrogens with zero attached hydrogens (tertiary/aromatic N) is 5. The number of nitrogens with one attached hydrogen (secondary N) is 1. The van der Waals surface area contributed by atoms with E-state index in [0.717, 1.165) is 28.1 Å². The molecule has 0 unspecified atom stereocenters. The second-order valence-corrected chi connectivity index (χ2v) is 8.93. The molecule has 3 aromatic carbocycles. The zero-order valence-electron chi connectivity index (χ0n) is 20.5. The van der Waals surface area contributed by atoms with Gasteiger partial charge in [0.15, 0.2) is 5.65 Å². The van der Waals surface area contributed by atoms with Crippen LogP contribution in [0.3, 0.4) is 0 Å². The van der Waals surface area contributed by atoms with Gasteiger partial charge in [-0.25, -0.2) is 0 Å². The molecule has 0 bridgehead atoms. The lowest BCUT2D eigenvalue weighted by Crippen LogP contribution is -2.16. The molecule has 6 aromatic rings. The van der Waals surface area contributed by atoms with Crippen LogP contribution in [0.15, 0.2) is 121 Å². The Morgan fingerprint density at radius 3 is 2.05 bits per heavy atom. The maximum absolute atomic E-state index is 13.1. The highest BCUT2D eigenvalue weighted by Crippen LogP contribution is 2.29. The molecule has 0 saturated carbocycles. The Bertz CT molecular complexity index is 1630. The van der Waals surface area contributed by atoms with Crippen molar-refractivity contribution in [1.29, 1.82) is 0 Å². The predicted molar refractivity (Wildman–Crippen MR) is 147 cm³/mol. The molecule has 0 aliphatic rings. The summed E-state index contributed by atoms with van der Waals surface area (Å²) in [4.78, 5) is 17.4. The molecule has 0 aliphatic carbocycles. The number of benzene rings is 3. The fourth-order valence-electron chi connectivity index (χ4n) is 4.52. The van der Waals surface area contributed by atoms with Crippen LogP contribution in [0, 0.1) is 0 Å². The van der Waals surface area contributed by atoms with Crippen molar-refractivity contribution < 1.29 is 4.79 Å². The Hall–Kier alpha value is -5.17. The molecule has 0 radical (unpaired) electrons. The number of rotatable bonds is 7. The minimum atomic E-state index is -0.0421. The summed E-state index contributed by atoms with van der Waals surface area (Å²) in [6, 6.07) is 37.4. The van der Waals surface area contributed by atoms with E-state index in [1.165, 1.54) is 0 Å². The third kappa shape index (κ3) is 4.90.